The van der Waals surface area contributed by atoms with Crippen molar-refractivity contribution in [2.24, 2.45) is 0 Å². The van der Waals surface area contributed by atoms with Crippen LogP contribution in [0.25, 0.3) is 6.08 Å². The van der Waals surface area contributed by atoms with E-state index >= 15 is 0 Å². The van der Waals surface area contributed by atoms with Crippen molar-refractivity contribution in [1.29, 1.82) is 0 Å². The van der Waals surface area contributed by atoms with Gasteiger partial charge in [0, 0.05) is 24.2 Å². The number of β-amino-alcohol motifs (C(OH)–C–C–N with tert-alkyl or cyclic N) is 1. The molecule has 0 aliphatic carbocycles. The molecule has 2 rings (SSSR count). The highest BCUT2D eigenvalue weighted by Gasteiger charge is 2.22. The quantitative estimate of drug-likeness (QED) is 0.834. The number of carbonyl (C=O) groups excluding carboxylic acids is 1. The van der Waals surface area contributed by atoms with E-state index in [2.05, 4.69) is 0 Å². The largest absolute Gasteiger partial charge is 0.391 e. The van der Waals surface area contributed by atoms with E-state index in [-0.39, 0.29) is 12.0 Å². The van der Waals surface area contributed by atoms with Crippen LogP contribution in [-0.2, 0) is 4.79 Å². The summed E-state index contributed by atoms with van der Waals surface area (Å²) in [5, 5.41) is 10.1. The zero-order valence-corrected chi connectivity index (χ0v) is 11.0. The first-order chi connectivity index (χ1) is 8.56. The predicted molar refractivity (Wildman–Crippen MR) is 72.4 cm³/mol. The van der Waals surface area contributed by atoms with Gasteiger partial charge >= 0.3 is 0 Å². The molecular formula is C14H16ClNO2. The van der Waals surface area contributed by atoms with E-state index in [0.717, 1.165) is 11.1 Å². The summed E-state index contributed by atoms with van der Waals surface area (Å²) in [6, 6.07) is 5.68. The summed E-state index contributed by atoms with van der Waals surface area (Å²) < 4.78 is 0. The van der Waals surface area contributed by atoms with Crippen molar-refractivity contribution in [2.75, 3.05) is 13.1 Å². The SMILES string of the molecule is Cc1ccc(/C=C/C(=O)N2CCC(O)C2)cc1Cl. The minimum absolute atomic E-state index is 0.0664. The Morgan fingerprint density at radius 1 is 1.56 bits per heavy atom. The summed E-state index contributed by atoms with van der Waals surface area (Å²) in [6.07, 6.45) is 3.56. The molecule has 1 N–H and O–H groups in total. The molecule has 0 aromatic heterocycles. The van der Waals surface area contributed by atoms with Crippen LogP contribution in [0.2, 0.25) is 5.02 Å². The van der Waals surface area contributed by atoms with Gasteiger partial charge in [0.1, 0.15) is 0 Å². The minimum atomic E-state index is -0.379. The number of nitrogens with zero attached hydrogens (tertiary/aromatic N) is 1. The number of likely N-dealkylation sites (tertiary alicyclic amines) is 1. The maximum absolute atomic E-state index is 11.8. The highest BCUT2D eigenvalue weighted by molar-refractivity contribution is 6.31. The second kappa shape index (κ2) is 5.55. The van der Waals surface area contributed by atoms with Gasteiger partial charge < -0.3 is 10.0 Å². The third kappa shape index (κ3) is 3.12. The first-order valence-electron chi connectivity index (χ1n) is 5.97. The second-order valence-corrected chi connectivity index (χ2v) is 4.98. The monoisotopic (exact) mass is 265 g/mol. The molecule has 0 radical (unpaired) electrons. The Morgan fingerprint density at radius 3 is 2.94 bits per heavy atom. The number of hydrogen-bond donors (Lipinski definition) is 1. The van der Waals surface area contributed by atoms with Crippen molar-refractivity contribution in [3.8, 4) is 0 Å². The molecule has 3 nitrogen and oxygen atoms in total. The highest BCUT2D eigenvalue weighted by Crippen LogP contribution is 2.18. The lowest BCUT2D eigenvalue weighted by molar-refractivity contribution is -0.125. The lowest BCUT2D eigenvalue weighted by Crippen LogP contribution is -2.27. The number of benzene rings is 1. The van der Waals surface area contributed by atoms with Crippen LogP contribution in [0, 0.1) is 6.92 Å². The molecule has 0 saturated carbocycles. The Bertz CT molecular complexity index is 485. The van der Waals surface area contributed by atoms with E-state index < -0.39 is 0 Å². The predicted octanol–water partition coefficient (Wildman–Crippen LogP) is 2.25. The maximum Gasteiger partial charge on any atom is 0.246 e. The van der Waals surface area contributed by atoms with Crippen molar-refractivity contribution in [3.63, 3.8) is 0 Å². The van der Waals surface area contributed by atoms with Crippen LogP contribution in [0.5, 0.6) is 0 Å². The maximum atomic E-state index is 11.8. The van der Waals surface area contributed by atoms with E-state index in [4.69, 9.17) is 11.6 Å². The van der Waals surface area contributed by atoms with Crippen LogP contribution in [0.15, 0.2) is 24.3 Å². The molecule has 0 spiro atoms. The minimum Gasteiger partial charge on any atom is -0.391 e. The molecule has 1 amide bonds. The van der Waals surface area contributed by atoms with Gasteiger partial charge in [-0.15, -0.1) is 0 Å². The van der Waals surface area contributed by atoms with Gasteiger partial charge in [0.25, 0.3) is 0 Å². The van der Waals surface area contributed by atoms with Crippen molar-refractivity contribution >= 4 is 23.6 Å². The average Bonchev–Trinajstić information content (AvgIpc) is 2.77. The number of aryl methyl sites for hydroxylation is 1. The van der Waals surface area contributed by atoms with E-state index in [1.165, 1.54) is 6.08 Å². The second-order valence-electron chi connectivity index (χ2n) is 4.57. The lowest BCUT2D eigenvalue weighted by Gasteiger charge is -2.12. The number of halogens is 1. The molecule has 1 aliphatic heterocycles. The number of hydrogen-bond acceptors (Lipinski definition) is 2. The number of aliphatic hydroxyl groups excluding tert-OH is 1. The Morgan fingerprint density at radius 2 is 2.33 bits per heavy atom. The van der Waals surface area contributed by atoms with Crippen LogP contribution in [0.3, 0.4) is 0 Å². The van der Waals surface area contributed by atoms with Crippen LogP contribution < -0.4 is 0 Å². The first kappa shape index (κ1) is 13.1. The van der Waals surface area contributed by atoms with Gasteiger partial charge in [0.05, 0.1) is 6.10 Å². The highest BCUT2D eigenvalue weighted by atomic mass is 35.5. The average molecular weight is 266 g/mol. The van der Waals surface area contributed by atoms with Gasteiger partial charge in [-0.1, -0.05) is 23.7 Å². The van der Waals surface area contributed by atoms with Crippen LogP contribution in [-0.4, -0.2) is 35.1 Å². The topological polar surface area (TPSA) is 40.5 Å². The van der Waals surface area contributed by atoms with E-state index in [1.54, 1.807) is 11.0 Å². The zero-order valence-electron chi connectivity index (χ0n) is 10.3. The van der Waals surface area contributed by atoms with Crippen molar-refractivity contribution in [2.45, 2.75) is 19.4 Å². The van der Waals surface area contributed by atoms with Gasteiger partial charge in [-0.05, 0) is 36.6 Å². The van der Waals surface area contributed by atoms with Gasteiger partial charge in [-0.25, -0.2) is 0 Å². The molecular weight excluding hydrogens is 250 g/mol. The van der Waals surface area contributed by atoms with E-state index in [9.17, 15) is 9.90 Å². The van der Waals surface area contributed by atoms with Gasteiger partial charge in [0.15, 0.2) is 0 Å². The van der Waals surface area contributed by atoms with Gasteiger partial charge in [-0.2, -0.15) is 0 Å². The molecule has 96 valence electrons. The smallest absolute Gasteiger partial charge is 0.246 e. The Kier molecular flexibility index (Phi) is 4.04. The fourth-order valence-corrected chi connectivity index (χ4v) is 2.12. The van der Waals surface area contributed by atoms with Crippen LogP contribution in [0.4, 0.5) is 0 Å². The van der Waals surface area contributed by atoms with Crippen molar-refractivity contribution in [3.05, 3.63) is 40.4 Å². The first-order valence-corrected chi connectivity index (χ1v) is 6.35. The zero-order chi connectivity index (χ0) is 13.1. The summed E-state index contributed by atoms with van der Waals surface area (Å²) in [5.41, 5.74) is 1.92. The summed E-state index contributed by atoms with van der Waals surface area (Å²) in [4.78, 5) is 13.5. The number of rotatable bonds is 2. The molecule has 0 bridgehead atoms. The van der Waals surface area contributed by atoms with E-state index in [0.29, 0.717) is 24.5 Å². The molecule has 4 heteroatoms. The number of aliphatic hydroxyl groups is 1. The third-order valence-corrected chi connectivity index (χ3v) is 3.50. The molecule has 1 aromatic rings. The van der Waals surface area contributed by atoms with Gasteiger partial charge in [-0.3, -0.25) is 4.79 Å². The lowest BCUT2D eigenvalue weighted by atomic mass is 10.1. The molecule has 1 aromatic carbocycles. The molecule has 1 fully saturated rings. The summed E-state index contributed by atoms with van der Waals surface area (Å²) in [6.45, 7) is 2.99. The number of amides is 1. The van der Waals surface area contributed by atoms with Gasteiger partial charge in [0.2, 0.25) is 5.91 Å². The molecule has 1 aliphatic rings. The Hall–Kier alpha value is -1.32. The van der Waals surface area contributed by atoms with Crippen molar-refractivity contribution < 1.29 is 9.90 Å². The number of carbonyl (C=O) groups is 1. The molecule has 1 atom stereocenters. The fourth-order valence-electron chi connectivity index (χ4n) is 1.93. The van der Waals surface area contributed by atoms with Crippen LogP contribution >= 0.6 is 11.6 Å². The molecule has 1 saturated heterocycles. The summed E-state index contributed by atoms with van der Waals surface area (Å²) >= 11 is 6.01. The Labute approximate surface area is 112 Å². The summed E-state index contributed by atoms with van der Waals surface area (Å²) in [5.74, 6) is -0.0664. The normalized spacial score (nSPS) is 19.7. The fraction of sp³-hybridized carbons (Fsp3) is 0.357. The van der Waals surface area contributed by atoms with Crippen LogP contribution in [0.1, 0.15) is 17.5 Å². The molecule has 18 heavy (non-hydrogen) atoms. The molecule has 1 unspecified atom stereocenters. The Balaban J connectivity index is 2.02. The summed E-state index contributed by atoms with van der Waals surface area (Å²) in [7, 11) is 0. The third-order valence-electron chi connectivity index (χ3n) is 3.09. The van der Waals surface area contributed by atoms with Crippen molar-refractivity contribution in [1.82, 2.24) is 4.90 Å². The standard InChI is InChI=1S/C14H16ClNO2/c1-10-2-3-11(8-13(10)15)4-5-14(18)16-7-6-12(17)9-16/h2-5,8,12,17H,6-7,9H2,1H3/b5-4+. The van der Waals surface area contributed by atoms with E-state index in [1.807, 2.05) is 25.1 Å². The molecule has 1 heterocycles.